The van der Waals surface area contributed by atoms with Gasteiger partial charge in [-0.25, -0.2) is 10.6 Å². The molecule has 0 aliphatic carbocycles. The van der Waals surface area contributed by atoms with Gasteiger partial charge in [-0.3, -0.25) is 15.2 Å². The minimum atomic E-state index is -0.472. The van der Waals surface area contributed by atoms with E-state index < -0.39 is 12.0 Å². The summed E-state index contributed by atoms with van der Waals surface area (Å²) in [6, 6.07) is 8.74. The monoisotopic (exact) mass is 384 g/mol. The fourth-order valence-electron chi connectivity index (χ4n) is 2.78. The fourth-order valence-corrected chi connectivity index (χ4v) is 2.78. The van der Waals surface area contributed by atoms with Crippen LogP contribution in [0.3, 0.4) is 0 Å². The van der Waals surface area contributed by atoms with Gasteiger partial charge in [-0.15, -0.1) is 0 Å². The van der Waals surface area contributed by atoms with Gasteiger partial charge in [0.1, 0.15) is 5.75 Å². The highest BCUT2D eigenvalue weighted by Crippen LogP contribution is 2.24. The van der Waals surface area contributed by atoms with Crippen molar-refractivity contribution < 1.29 is 14.3 Å². The SMILES string of the molecule is CCCCCCCCNC(=O)Oc1cccc(-c2cncc(C(=O)NN)c2)c1. The van der Waals surface area contributed by atoms with Crippen LogP contribution in [0, 0.1) is 0 Å². The minimum Gasteiger partial charge on any atom is -0.410 e. The highest BCUT2D eigenvalue weighted by Gasteiger charge is 2.09. The molecule has 2 amide bonds. The maximum atomic E-state index is 12.0. The van der Waals surface area contributed by atoms with E-state index in [4.69, 9.17) is 10.6 Å². The summed E-state index contributed by atoms with van der Waals surface area (Å²) in [6.07, 6.45) is 9.58. The zero-order valence-corrected chi connectivity index (χ0v) is 16.2. The lowest BCUT2D eigenvalue weighted by Crippen LogP contribution is -2.30. The van der Waals surface area contributed by atoms with Crippen LogP contribution in [-0.4, -0.2) is 23.5 Å². The summed E-state index contributed by atoms with van der Waals surface area (Å²) < 4.78 is 5.35. The summed E-state index contributed by atoms with van der Waals surface area (Å²) in [6.45, 7) is 2.79. The summed E-state index contributed by atoms with van der Waals surface area (Å²) in [5.74, 6) is 5.16. The molecule has 1 aromatic carbocycles. The molecular weight excluding hydrogens is 356 g/mol. The number of aromatic nitrogens is 1. The fraction of sp³-hybridized carbons (Fsp3) is 0.381. The Kier molecular flexibility index (Phi) is 8.94. The Morgan fingerprint density at radius 2 is 1.82 bits per heavy atom. The molecule has 1 heterocycles. The van der Waals surface area contributed by atoms with Gasteiger partial charge in [-0.2, -0.15) is 0 Å². The molecule has 28 heavy (non-hydrogen) atoms. The Morgan fingerprint density at radius 1 is 1.04 bits per heavy atom. The molecule has 0 unspecified atom stereocenters. The second kappa shape index (κ2) is 11.7. The molecule has 0 fully saturated rings. The first-order valence-corrected chi connectivity index (χ1v) is 9.66. The van der Waals surface area contributed by atoms with Crippen molar-refractivity contribution >= 4 is 12.0 Å². The number of benzene rings is 1. The van der Waals surface area contributed by atoms with E-state index in [9.17, 15) is 9.59 Å². The lowest BCUT2D eigenvalue weighted by atomic mass is 10.1. The Morgan fingerprint density at radius 3 is 2.61 bits per heavy atom. The lowest BCUT2D eigenvalue weighted by Gasteiger charge is -2.09. The van der Waals surface area contributed by atoms with Crippen LogP contribution >= 0.6 is 0 Å². The van der Waals surface area contributed by atoms with Crippen LogP contribution in [0.25, 0.3) is 11.1 Å². The molecule has 150 valence electrons. The number of carbonyl (C=O) groups excluding carboxylic acids is 2. The molecule has 0 saturated heterocycles. The van der Waals surface area contributed by atoms with E-state index in [1.807, 2.05) is 6.07 Å². The third-order valence-corrected chi connectivity index (χ3v) is 4.31. The number of nitrogens with zero attached hydrogens (tertiary/aromatic N) is 1. The molecule has 7 nitrogen and oxygen atoms in total. The zero-order valence-electron chi connectivity index (χ0n) is 16.2. The quantitative estimate of drug-likeness (QED) is 0.250. The molecule has 7 heteroatoms. The van der Waals surface area contributed by atoms with Crippen molar-refractivity contribution in [1.29, 1.82) is 0 Å². The maximum Gasteiger partial charge on any atom is 0.412 e. The second-order valence-corrected chi connectivity index (χ2v) is 6.55. The molecule has 4 N–H and O–H groups in total. The molecule has 2 rings (SSSR count). The van der Waals surface area contributed by atoms with E-state index in [2.05, 4.69) is 22.7 Å². The smallest absolute Gasteiger partial charge is 0.410 e. The number of nitrogens with two attached hydrogens (primary N) is 1. The number of hydrogen-bond acceptors (Lipinski definition) is 5. The predicted molar refractivity (Wildman–Crippen MR) is 109 cm³/mol. The normalized spacial score (nSPS) is 10.4. The molecule has 2 aromatic rings. The van der Waals surface area contributed by atoms with Crippen LogP contribution in [0.5, 0.6) is 5.75 Å². The van der Waals surface area contributed by atoms with Crippen molar-refractivity contribution in [2.45, 2.75) is 45.4 Å². The molecular formula is C21H28N4O3. The molecule has 0 aliphatic rings. The van der Waals surface area contributed by atoms with E-state index in [1.54, 1.807) is 30.5 Å². The Balaban J connectivity index is 1.87. The molecule has 1 aromatic heterocycles. The van der Waals surface area contributed by atoms with Crippen LogP contribution < -0.4 is 21.3 Å². The van der Waals surface area contributed by atoms with Gasteiger partial charge in [0, 0.05) is 24.5 Å². The standard InChI is InChI=1S/C21H28N4O3/c1-2-3-4-5-6-7-11-24-21(27)28-19-10-8-9-16(13-19)17-12-18(15-23-14-17)20(26)25-22/h8-10,12-15H,2-7,11,22H2,1H3,(H,24,27)(H,25,26). The average molecular weight is 384 g/mol. The largest absolute Gasteiger partial charge is 0.412 e. The van der Waals surface area contributed by atoms with Gasteiger partial charge in [-0.1, -0.05) is 51.2 Å². The highest BCUT2D eigenvalue weighted by molar-refractivity contribution is 5.94. The van der Waals surface area contributed by atoms with E-state index >= 15 is 0 Å². The molecule has 0 radical (unpaired) electrons. The number of carbonyl (C=O) groups is 2. The molecule has 0 saturated carbocycles. The highest BCUT2D eigenvalue weighted by atomic mass is 16.6. The number of pyridine rings is 1. The zero-order chi connectivity index (χ0) is 20.2. The number of unbranched alkanes of at least 4 members (excludes halogenated alkanes) is 5. The van der Waals surface area contributed by atoms with Crippen molar-refractivity contribution in [1.82, 2.24) is 15.7 Å². The minimum absolute atomic E-state index is 0.350. The van der Waals surface area contributed by atoms with E-state index in [0.29, 0.717) is 17.9 Å². The molecule has 0 atom stereocenters. The van der Waals surface area contributed by atoms with Gasteiger partial charge in [0.05, 0.1) is 5.56 Å². The summed E-state index contributed by atoms with van der Waals surface area (Å²) in [5, 5.41) is 2.77. The molecule has 0 spiro atoms. The molecule has 0 aliphatic heterocycles. The van der Waals surface area contributed by atoms with Gasteiger partial charge in [0.25, 0.3) is 5.91 Å². The lowest BCUT2D eigenvalue weighted by molar-refractivity contribution is 0.0953. The van der Waals surface area contributed by atoms with Crippen molar-refractivity contribution in [3.05, 3.63) is 48.3 Å². The van der Waals surface area contributed by atoms with E-state index in [0.717, 1.165) is 24.0 Å². The van der Waals surface area contributed by atoms with Crippen LogP contribution in [0.15, 0.2) is 42.7 Å². The van der Waals surface area contributed by atoms with E-state index in [1.165, 1.54) is 31.9 Å². The Hall–Kier alpha value is -2.93. The Labute approximate surface area is 165 Å². The van der Waals surface area contributed by atoms with Crippen LogP contribution in [0.1, 0.15) is 55.8 Å². The first-order valence-electron chi connectivity index (χ1n) is 9.66. The van der Waals surface area contributed by atoms with Crippen LogP contribution in [0.2, 0.25) is 0 Å². The first kappa shape index (κ1) is 21.4. The van der Waals surface area contributed by atoms with Crippen molar-refractivity contribution in [2.75, 3.05) is 6.54 Å². The van der Waals surface area contributed by atoms with Crippen molar-refractivity contribution in [3.63, 3.8) is 0 Å². The number of nitrogen functional groups attached to an aromatic ring is 1. The number of amides is 2. The summed E-state index contributed by atoms with van der Waals surface area (Å²) in [4.78, 5) is 27.7. The van der Waals surface area contributed by atoms with Gasteiger partial charge in [-0.05, 0) is 30.2 Å². The maximum absolute atomic E-state index is 12.0. The van der Waals surface area contributed by atoms with Crippen LogP contribution in [-0.2, 0) is 0 Å². The number of ether oxygens (including phenoxy) is 1. The third-order valence-electron chi connectivity index (χ3n) is 4.31. The predicted octanol–water partition coefficient (Wildman–Crippen LogP) is 3.80. The van der Waals surface area contributed by atoms with Gasteiger partial charge in [0.15, 0.2) is 0 Å². The second-order valence-electron chi connectivity index (χ2n) is 6.55. The van der Waals surface area contributed by atoms with Gasteiger partial charge >= 0.3 is 6.09 Å². The number of rotatable bonds is 10. The third kappa shape index (κ3) is 7.00. The average Bonchev–Trinajstić information content (AvgIpc) is 2.72. The molecule has 0 bridgehead atoms. The van der Waals surface area contributed by atoms with E-state index in [-0.39, 0.29) is 0 Å². The summed E-state index contributed by atoms with van der Waals surface area (Å²) in [7, 11) is 0. The van der Waals surface area contributed by atoms with Crippen molar-refractivity contribution in [2.24, 2.45) is 5.84 Å². The summed E-state index contributed by atoms with van der Waals surface area (Å²) in [5.41, 5.74) is 3.93. The number of hydrazine groups is 1. The first-order chi connectivity index (χ1) is 13.6. The van der Waals surface area contributed by atoms with Crippen molar-refractivity contribution in [3.8, 4) is 16.9 Å². The summed E-state index contributed by atoms with van der Waals surface area (Å²) >= 11 is 0. The Bertz CT molecular complexity index is 780. The topological polar surface area (TPSA) is 106 Å². The van der Waals surface area contributed by atoms with Gasteiger partial charge in [0.2, 0.25) is 0 Å². The van der Waals surface area contributed by atoms with Gasteiger partial charge < -0.3 is 10.1 Å². The van der Waals surface area contributed by atoms with Crippen LogP contribution in [0.4, 0.5) is 4.79 Å². The number of hydrogen-bond donors (Lipinski definition) is 3. The number of nitrogens with one attached hydrogen (secondary N) is 2.